The second-order valence-corrected chi connectivity index (χ2v) is 5.48. The highest BCUT2D eigenvalue weighted by Gasteiger charge is 2.07. The first kappa shape index (κ1) is 14.2. The van der Waals surface area contributed by atoms with E-state index in [1.54, 1.807) is 7.11 Å². The van der Waals surface area contributed by atoms with E-state index in [-0.39, 0.29) is 0 Å². The highest BCUT2D eigenvalue weighted by Crippen LogP contribution is 2.27. The molecular formula is C16H21NOS. The monoisotopic (exact) mass is 275 g/mol. The molecule has 0 aromatic heterocycles. The molecule has 0 aliphatic carbocycles. The molecule has 0 aliphatic heterocycles. The zero-order chi connectivity index (χ0) is 13.5. The van der Waals surface area contributed by atoms with Crippen LogP contribution in [0.15, 0.2) is 36.4 Å². The summed E-state index contributed by atoms with van der Waals surface area (Å²) in [5.41, 5.74) is 1.25. The van der Waals surface area contributed by atoms with Gasteiger partial charge in [-0.3, -0.25) is 0 Å². The Hall–Kier alpha value is -1.19. The lowest BCUT2D eigenvalue weighted by molar-refractivity contribution is 0.409. The molecule has 0 radical (unpaired) electrons. The normalized spacial score (nSPS) is 10.8. The zero-order valence-electron chi connectivity index (χ0n) is 11.6. The average molecular weight is 275 g/mol. The van der Waals surface area contributed by atoms with Gasteiger partial charge in [-0.15, -0.1) is 0 Å². The van der Waals surface area contributed by atoms with E-state index in [0.717, 1.165) is 18.8 Å². The molecule has 2 nitrogen and oxygen atoms in total. The summed E-state index contributed by atoms with van der Waals surface area (Å²) in [6, 6.07) is 12.6. The Kier molecular flexibility index (Phi) is 5.55. The Morgan fingerprint density at radius 3 is 2.79 bits per heavy atom. The number of nitrogens with one attached hydrogen (secondary N) is 1. The number of hydrogen-bond donors (Lipinski definition) is 1. The van der Waals surface area contributed by atoms with Crippen LogP contribution in [0.3, 0.4) is 0 Å². The molecular weight excluding hydrogens is 254 g/mol. The van der Waals surface area contributed by atoms with Crippen LogP contribution in [0, 0.1) is 0 Å². The van der Waals surface area contributed by atoms with E-state index in [4.69, 9.17) is 4.74 Å². The van der Waals surface area contributed by atoms with E-state index in [9.17, 15) is 0 Å². The van der Waals surface area contributed by atoms with Crippen molar-refractivity contribution in [1.29, 1.82) is 0 Å². The van der Waals surface area contributed by atoms with Gasteiger partial charge in [0, 0.05) is 12.1 Å². The first-order valence-corrected chi connectivity index (χ1v) is 8.00. The molecule has 0 fully saturated rings. The molecule has 0 saturated carbocycles. The van der Waals surface area contributed by atoms with Crippen LogP contribution in [0.4, 0.5) is 0 Å². The molecule has 0 heterocycles. The minimum atomic E-state index is 0.860. The van der Waals surface area contributed by atoms with Crippen LogP contribution in [0.1, 0.15) is 12.0 Å². The number of thioether (sulfide) groups is 1. The first-order valence-electron chi connectivity index (χ1n) is 6.61. The van der Waals surface area contributed by atoms with E-state index in [0.29, 0.717) is 0 Å². The molecule has 0 aliphatic rings. The summed E-state index contributed by atoms with van der Waals surface area (Å²) < 4.78 is 5.49. The van der Waals surface area contributed by atoms with E-state index in [1.807, 2.05) is 11.8 Å². The standard InChI is InChI=1S/C16H21NOS/c1-18-16-9-8-13-6-3-4-7-14(13)15(16)12-17-10-5-11-19-2/h3-4,6-9,17H,5,10-12H2,1-2H3. The molecule has 3 heteroatoms. The summed E-state index contributed by atoms with van der Waals surface area (Å²) in [5.74, 6) is 2.18. The fraction of sp³-hybridized carbons (Fsp3) is 0.375. The third-order valence-electron chi connectivity index (χ3n) is 3.22. The van der Waals surface area contributed by atoms with Crippen LogP contribution in [0.5, 0.6) is 5.75 Å². The third kappa shape index (κ3) is 3.64. The maximum Gasteiger partial charge on any atom is 0.123 e. The van der Waals surface area contributed by atoms with Gasteiger partial charge in [0.15, 0.2) is 0 Å². The van der Waals surface area contributed by atoms with Crippen LogP contribution in [-0.4, -0.2) is 25.7 Å². The molecule has 0 unspecified atom stereocenters. The number of hydrogen-bond acceptors (Lipinski definition) is 3. The molecule has 2 aromatic rings. The van der Waals surface area contributed by atoms with Crippen molar-refractivity contribution in [2.75, 3.05) is 25.7 Å². The van der Waals surface area contributed by atoms with Crippen molar-refractivity contribution in [2.45, 2.75) is 13.0 Å². The lowest BCUT2D eigenvalue weighted by atomic mass is 10.0. The van der Waals surface area contributed by atoms with Gasteiger partial charge in [0.05, 0.1) is 7.11 Å². The van der Waals surface area contributed by atoms with Crippen LogP contribution in [0.25, 0.3) is 10.8 Å². The second-order valence-electron chi connectivity index (χ2n) is 4.49. The van der Waals surface area contributed by atoms with E-state index in [1.165, 1.54) is 28.5 Å². The molecule has 0 saturated heterocycles. The minimum absolute atomic E-state index is 0.860. The molecule has 0 amide bonds. The van der Waals surface area contributed by atoms with Gasteiger partial charge in [0.2, 0.25) is 0 Å². The molecule has 2 rings (SSSR count). The summed E-state index contributed by atoms with van der Waals surface area (Å²) in [5, 5.41) is 6.05. The molecule has 19 heavy (non-hydrogen) atoms. The molecule has 0 spiro atoms. The molecule has 1 N–H and O–H groups in total. The van der Waals surface area contributed by atoms with E-state index < -0.39 is 0 Å². The van der Waals surface area contributed by atoms with Gasteiger partial charge in [-0.1, -0.05) is 30.3 Å². The Labute approximate surface area is 119 Å². The maximum atomic E-state index is 5.49. The minimum Gasteiger partial charge on any atom is -0.496 e. The quantitative estimate of drug-likeness (QED) is 0.779. The Bertz CT molecular complexity index is 527. The lowest BCUT2D eigenvalue weighted by Crippen LogP contribution is -2.16. The number of rotatable bonds is 7. The largest absolute Gasteiger partial charge is 0.496 e. The Morgan fingerprint density at radius 2 is 2.00 bits per heavy atom. The number of fused-ring (bicyclic) bond motifs is 1. The average Bonchev–Trinajstić information content (AvgIpc) is 2.47. The predicted molar refractivity (Wildman–Crippen MR) is 85.2 cm³/mol. The Morgan fingerprint density at radius 1 is 1.16 bits per heavy atom. The van der Waals surface area contributed by atoms with Gasteiger partial charge < -0.3 is 10.1 Å². The topological polar surface area (TPSA) is 21.3 Å². The smallest absolute Gasteiger partial charge is 0.123 e. The van der Waals surface area contributed by atoms with Gasteiger partial charge in [0.1, 0.15) is 5.75 Å². The van der Waals surface area contributed by atoms with E-state index in [2.05, 4.69) is 48.0 Å². The van der Waals surface area contributed by atoms with Crippen molar-refractivity contribution in [1.82, 2.24) is 5.32 Å². The Balaban J connectivity index is 2.14. The van der Waals surface area contributed by atoms with Crippen LogP contribution >= 0.6 is 11.8 Å². The lowest BCUT2D eigenvalue weighted by Gasteiger charge is -2.13. The summed E-state index contributed by atoms with van der Waals surface area (Å²) in [6.07, 6.45) is 3.35. The summed E-state index contributed by atoms with van der Waals surface area (Å²) >= 11 is 1.89. The number of benzene rings is 2. The molecule has 0 bridgehead atoms. The first-order chi connectivity index (χ1) is 9.36. The van der Waals surface area contributed by atoms with Gasteiger partial charge in [-0.05, 0) is 41.8 Å². The number of ether oxygens (including phenoxy) is 1. The zero-order valence-corrected chi connectivity index (χ0v) is 12.4. The van der Waals surface area contributed by atoms with Crippen molar-refractivity contribution in [3.8, 4) is 5.75 Å². The summed E-state index contributed by atoms with van der Waals surface area (Å²) in [7, 11) is 1.74. The van der Waals surface area contributed by atoms with Crippen molar-refractivity contribution in [3.05, 3.63) is 42.0 Å². The van der Waals surface area contributed by atoms with Crippen molar-refractivity contribution in [2.24, 2.45) is 0 Å². The van der Waals surface area contributed by atoms with E-state index >= 15 is 0 Å². The molecule has 102 valence electrons. The van der Waals surface area contributed by atoms with Crippen LogP contribution in [0.2, 0.25) is 0 Å². The van der Waals surface area contributed by atoms with Gasteiger partial charge in [-0.25, -0.2) is 0 Å². The van der Waals surface area contributed by atoms with Crippen molar-refractivity contribution < 1.29 is 4.74 Å². The van der Waals surface area contributed by atoms with Crippen molar-refractivity contribution >= 4 is 22.5 Å². The van der Waals surface area contributed by atoms with Crippen LogP contribution in [-0.2, 0) is 6.54 Å². The van der Waals surface area contributed by atoms with Crippen LogP contribution < -0.4 is 10.1 Å². The predicted octanol–water partition coefficient (Wildman–Crippen LogP) is 3.69. The van der Waals surface area contributed by atoms with Gasteiger partial charge in [-0.2, -0.15) is 11.8 Å². The summed E-state index contributed by atoms with van der Waals surface area (Å²) in [4.78, 5) is 0. The molecule has 0 atom stereocenters. The fourth-order valence-electron chi connectivity index (χ4n) is 2.24. The second kappa shape index (κ2) is 7.41. The highest BCUT2D eigenvalue weighted by atomic mass is 32.2. The van der Waals surface area contributed by atoms with Gasteiger partial charge in [0.25, 0.3) is 0 Å². The summed E-state index contributed by atoms with van der Waals surface area (Å²) in [6.45, 7) is 1.91. The van der Waals surface area contributed by atoms with Gasteiger partial charge >= 0.3 is 0 Å². The maximum absolute atomic E-state index is 5.49. The fourth-order valence-corrected chi connectivity index (χ4v) is 2.68. The molecule has 2 aromatic carbocycles. The number of methoxy groups -OCH3 is 1. The van der Waals surface area contributed by atoms with Crippen molar-refractivity contribution in [3.63, 3.8) is 0 Å². The third-order valence-corrected chi connectivity index (χ3v) is 3.92. The SMILES string of the molecule is COc1ccc2ccccc2c1CNCCCSC. The highest BCUT2D eigenvalue weighted by molar-refractivity contribution is 7.98.